The van der Waals surface area contributed by atoms with Crippen molar-refractivity contribution in [3.8, 4) is 0 Å². The standard InChI is InChI=1S/C14H17FO/c1-4-11(5-2)8-14(16)13-9-12(15)7-6-10(13)3/h6-9H,4-5H2,1-3H3. The van der Waals surface area contributed by atoms with Crippen molar-refractivity contribution in [3.63, 3.8) is 0 Å². The Morgan fingerprint density at radius 2 is 1.94 bits per heavy atom. The van der Waals surface area contributed by atoms with Gasteiger partial charge in [-0.2, -0.15) is 0 Å². The summed E-state index contributed by atoms with van der Waals surface area (Å²) in [6.45, 7) is 5.85. The van der Waals surface area contributed by atoms with Crippen molar-refractivity contribution in [2.24, 2.45) is 0 Å². The molecule has 1 aromatic carbocycles. The number of benzene rings is 1. The van der Waals surface area contributed by atoms with Crippen LogP contribution in [0, 0.1) is 12.7 Å². The van der Waals surface area contributed by atoms with E-state index >= 15 is 0 Å². The van der Waals surface area contributed by atoms with E-state index in [2.05, 4.69) is 0 Å². The maximum atomic E-state index is 13.0. The highest BCUT2D eigenvalue weighted by molar-refractivity contribution is 6.05. The molecule has 1 aromatic rings. The first-order chi connectivity index (χ1) is 7.58. The summed E-state index contributed by atoms with van der Waals surface area (Å²) in [4.78, 5) is 11.9. The van der Waals surface area contributed by atoms with Crippen molar-refractivity contribution in [3.05, 3.63) is 46.8 Å². The van der Waals surface area contributed by atoms with Crippen LogP contribution in [0.25, 0.3) is 0 Å². The van der Waals surface area contributed by atoms with E-state index in [0.717, 1.165) is 24.0 Å². The molecule has 0 aliphatic rings. The van der Waals surface area contributed by atoms with Gasteiger partial charge in [0.1, 0.15) is 5.82 Å². The second-order valence-corrected chi connectivity index (χ2v) is 3.83. The zero-order chi connectivity index (χ0) is 12.1. The minimum absolute atomic E-state index is 0.101. The quantitative estimate of drug-likeness (QED) is 0.552. The third-order valence-electron chi connectivity index (χ3n) is 2.71. The Morgan fingerprint density at radius 1 is 1.31 bits per heavy atom. The van der Waals surface area contributed by atoms with E-state index in [1.165, 1.54) is 12.1 Å². The summed E-state index contributed by atoms with van der Waals surface area (Å²) in [5.74, 6) is -0.465. The molecule has 0 aliphatic carbocycles. The second-order valence-electron chi connectivity index (χ2n) is 3.83. The van der Waals surface area contributed by atoms with Gasteiger partial charge in [-0.1, -0.05) is 25.5 Å². The van der Waals surface area contributed by atoms with E-state index in [4.69, 9.17) is 0 Å². The van der Waals surface area contributed by atoms with Gasteiger partial charge < -0.3 is 0 Å². The minimum Gasteiger partial charge on any atom is -0.289 e. The number of allylic oxidation sites excluding steroid dienone is 2. The number of carbonyl (C=O) groups excluding carboxylic acids is 1. The van der Waals surface area contributed by atoms with E-state index in [1.807, 2.05) is 20.8 Å². The molecule has 0 amide bonds. The minimum atomic E-state index is -0.364. The van der Waals surface area contributed by atoms with Crippen molar-refractivity contribution >= 4 is 5.78 Å². The molecule has 0 aromatic heterocycles. The number of aryl methyl sites for hydroxylation is 1. The fourth-order valence-corrected chi connectivity index (χ4v) is 1.58. The molecule has 0 fully saturated rings. The summed E-state index contributed by atoms with van der Waals surface area (Å²) in [6, 6.07) is 4.31. The maximum absolute atomic E-state index is 13.0. The van der Waals surface area contributed by atoms with Crippen LogP contribution in [-0.2, 0) is 0 Å². The van der Waals surface area contributed by atoms with E-state index in [1.54, 1.807) is 12.1 Å². The van der Waals surface area contributed by atoms with Crippen LogP contribution in [0.4, 0.5) is 4.39 Å². The van der Waals surface area contributed by atoms with E-state index < -0.39 is 0 Å². The predicted octanol–water partition coefficient (Wildman–Crippen LogP) is 4.06. The lowest BCUT2D eigenvalue weighted by atomic mass is 10.0. The van der Waals surface area contributed by atoms with Crippen LogP contribution < -0.4 is 0 Å². The van der Waals surface area contributed by atoms with E-state index in [-0.39, 0.29) is 11.6 Å². The highest BCUT2D eigenvalue weighted by Gasteiger charge is 2.08. The monoisotopic (exact) mass is 220 g/mol. The van der Waals surface area contributed by atoms with Crippen LogP contribution in [0.1, 0.15) is 42.6 Å². The van der Waals surface area contributed by atoms with Crippen molar-refractivity contribution < 1.29 is 9.18 Å². The molecular formula is C14H17FO. The molecular weight excluding hydrogens is 203 g/mol. The number of hydrogen-bond donors (Lipinski definition) is 0. The molecule has 1 nitrogen and oxygen atoms in total. The average molecular weight is 220 g/mol. The molecule has 16 heavy (non-hydrogen) atoms. The Labute approximate surface area is 96.0 Å². The molecule has 0 radical (unpaired) electrons. The van der Waals surface area contributed by atoms with Gasteiger partial charge in [-0.25, -0.2) is 4.39 Å². The summed E-state index contributed by atoms with van der Waals surface area (Å²) in [7, 11) is 0. The zero-order valence-corrected chi connectivity index (χ0v) is 10.0. The van der Waals surface area contributed by atoms with Crippen molar-refractivity contribution in [2.45, 2.75) is 33.6 Å². The van der Waals surface area contributed by atoms with E-state index in [9.17, 15) is 9.18 Å². The zero-order valence-electron chi connectivity index (χ0n) is 10.0. The van der Waals surface area contributed by atoms with Crippen LogP contribution in [-0.4, -0.2) is 5.78 Å². The molecule has 0 spiro atoms. The Bertz CT molecular complexity index is 413. The number of ketones is 1. The van der Waals surface area contributed by atoms with Crippen LogP contribution in [0.2, 0.25) is 0 Å². The SMILES string of the molecule is CCC(=CC(=O)c1cc(F)ccc1C)CC. The lowest BCUT2D eigenvalue weighted by Crippen LogP contribution is -2.00. The molecule has 0 bridgehead atoms. The normalized spacial score (nSPS) is 10.0. The Morgan fingerprint density at radius 3 is 2.50 bits per heavy atom. The average Bonchev–Trinajstić information content (AvgIpc) is 2.28. The highest BCUT2D eigenvalue weighted by atomic mass is 19.1. The van der Waals surface area contributed by atoms with Crippen LogP contribution >= 0.6 is 0 Å². The summed E-state index contributed by atoms with van der Waals surface area (Å²) in [5, 5.41) is 0. The molecule has 0 atom stereocenters. The van der Waals surface area contributed by atoms with Gasteiger partial charge in [0.05, 0.1) is 0 Å². The van der Waals surface area contributed by atoms with Crippen molar-refractivity contribution in [1.82, 2.24) is 0 Å². The van der Waals surface area contributed by atoms with Crippen LogP contribution in [0.3, 0.4) is 0 Å². The largest absolute Gasteiger partial charge is 0.289 e. The molecule has 0 N–H and O–H groups in total. The van der Waals surface area contributed by atoms with Gasteiger partial charge in [-0.15, -0.1) is 0 Å². The van der Waals surface area contributed by atoms with Crippen molar-refractivity contribution in [1.29, 1.82) is 0 Å². The number of carbonyl (C=O) groups is 1. The smallest absolute Gasteiger partial charge is 0.186 e. The highest BCUT2D eigenvalue weighted by Crippen LogP contribution is 2.14. The van der Waals surface area contributed by atoms with E-state index in [0.29, 0.717) is 5.56 Å². The molecule has 1 rings (SSSR count). The summed E-state index contributed by atoms with van der Waals surface area (Å²) < 4.78 is 13.0. The van der Waals surface area contributed by atoms with Crippen molar-refractivity contribution in [2.75, 3.05) is 0 Å². The molecule has 0 heterocycles. The molecule has 2 heteroatoms. The molecule has 0 saturated carbocycles. The Kier molecular flexibility index (Phi) is 4.41. The first-order valence-corrected chi connectivity index (χ1v) is 5.58. The summed E-state index contributed by atoms with van der Waals surface area (Å²) >= 11 is 0. The lowest BCUT2D eigenvalue weighted by molar-refractivity contribution is 0.104. The summed E-state index contributed by atoms with van der Waals surface area (Å²) in [5.41, 5.74) is 2.36. The topological polar surface area (TPSA) is 17.1 Å². The van der Waals surface area contributed by atoms with Gasteiger partial charge in [0, 0.05) is 5.56 Å². The maximum Gasteiger partial charge on any atom is 0.186 e. The second kappa shape index (κ2) is 5.59. The summed E-state index contributed by atoms with van der Waals surface area (Å²) in [6.07, 6.45) is 3.34. The third kappa shape index (κ3) is 3.02. The molecule has 0 aliphatic heterocycles. The van der Waals surface area contributed by atoms with Gasteiger partial charge >= 0.3 is 0 Å². The fraction of sp³-hybridized carbons (Fsp3) is 0.357. The molecule has 0 saturated heterocycles. The van der Waals surface area contributed by atoms with Gasteiger partial charge in [0.15, 0.2) is 5.78 Å². The predicted molar refractivity (Wildman–Crippen MR) is 64.1 cm³/mol. The van der Waals surface area contributed by atoms with Gasteiger partial charge in [0.2, 0.25) is 0 Å². The van der Waals surface area contributed by atoms with Gasteiger partial charge in [-0.05, 0) is 43.5 Å². The van der Waals surface area contributed by atoms with Crippen LogP contribution in [0.15, 0.2) is 29.8 Å². The number of hydrogen-bond acceptors (Lipinski definition) is 1. The lowest BCUT2D eigenvalue weighted by Gasteiger charge is -2.04. The Balaban J connectivity index is 3.05. The fourth-order valence-electron chi connectivity index (χ4n) is 1.58. The first kappa shape index (κ1) is 12.6. The van der Waals surface area contributed by atoms with Crippen LogP contribution in [0.5, 0.6) is 0 Å². The van der Waals surface area contributed by atoms with Gasteiger partial charge in [0.25, 0.3) is 0 Å². The first-order valence-electron chi connectivity index (χ1n) is 5.58. The third-order valence-corrected chi connectivity index (χ3v) is 2.71. The molecule has 0 unspecified atom stereocenters. The van der Waals surface area contributed by atoms with Gasteiger partial charge in [-0.3, -0.25) is 4.79 Å². The number of halogens is 1. The Hall–Kier alpha value is -1.44. The molecule has 86 valence electrons. The number of rotatable bonds is 4.